The third-order valence-electron chi connectivity index (χ3n) is 5.57. The first-order valence-corrected chi connectivity index (χ1v) is 10.8. The first kappa shape index (κ1) is 18.4. The lowest BCUT2D eigenvalue weighted by molar-refractivity contribution is -0.917. The smallest absolute Gasteiger partial charge is 0.233 e. The van der Waals surface area contributed by atoms with Crippen molar-refractivity contribution in [2.45, 2.75) is 18.8 Å². The lowest BCUT2D eigenvalue weighted by Gasteiger charge is -2.32. The Balaban J connectivity index is 1.09. The quantitative estimate of drug-likeness (QED) is 0.494. The lowest BCUT2D eigenvalue weighted by Crippen LogP contribution is -3.13. The van der Waals surface area contributed by atoms with E-state index in [0.29, 0.717) is 12.5 Å². The van der Waals surface area contributed by atoms with E-state index >= 15 is 0 Å². The van der Waals surface area contributed by atoms with Crippen LogP contribution in [0.5, 0.6) is 11.5 Å². The van der Waals surface area contributed by atoms with Crippen molar-refractivity contribution < 1.29 is 24.2 Å². The molecule has 0 bridgehead atoms. The van der Waals surface area contributed by atoms with Gasteiger partial charge in [-0.2, -0.15) is 0 Å². The molecule has 29 heavy (non-hydrogen) atoms. The Hall–Kier alpha value is -2.59. The van der Waals surface area contributed by atoms with E-state index in [2.05, 4.69) is 32.4 Å². The van der Waals surface area contributed by atoms with Crippen molar-refractivity contribution in [2.75, 3.05) is 38.7 Å². The predicted octanol–water partition coefficient (Wildman–Crippen LogP) is -2.78. The van der Waals surface area contributed by atoms with E-state index in [4.69, 9.17) is 9.47 Å². The van der Waals surface area contributed by atoms with Gasteiger partial charge >= 0.3 is 0 Å². The summed E-state index contributed by atoms with van der Waals surface area (Å²) in [5, 5.41) is 4.12. The van der Waals surface area contributed by atoms with E-state index < -0.39 is 0 Å². The summed E-state index contributed by atoms with van der Waals surface area (Å²) in [6.07, 6.45) is 3.34. The molecule has 4 aliphatic rings. The number of carbonyl (C=O) groups is 1. The van der Waals surface area contributed by atoms with Crippen LogP contribution >= 0.6 is 11.8 Å². The van der Waals surface area contributed by atoms with Gasteiger partial charge in [0.15, 0.2) is 11.5 Å². The fourth-order valence-corrected chi connectivity index (χ4v) is 4.88. The van der Waals surface area contributed by atoms with Crippen LogP contribution in [-0.2, 0) is 11.3 Å². The number of piperazine rings is 1. The predicted molar refractivity (Wildman–Crippen MR) is 110 cm³/mol. The number of quaternary nitrogens is 1. The topological polar surface area (TPSA) is 93.9 Å². The summed E-state index contributed by atoms with van der Waals surface area (Å²) >= 11 is 1.50. The van der Waals surface area contributed by atoms with Crippen LogP contribution in [-0.4, -0.2) is 79.5 Å². The highest BCUT2D eigenvalue weighted by Crippen LogP contribution is 2.32. The minimum absolute atomic E-state index is 0.0200. The number of nitrogens with zero attached hydrogens (tertiary/aromatic N) is 3. The molecule has 3 N–H and O–H groups in total. The van der Waals surface area contributed by atoms with Crippen molar-refractivity contribution in [1.82, 2.24) is 10.2 Å². The van der Waals surface area contributed by atoms with Crippen molar-refractivity contribution in [3.8, 4) is 11.5 Å². The molecule has 0 spiro atoms. The van der Waals surface area contributed by atoms with E-state index in [-0.39, 0.29) is 18.1 Å². The van der Waals surface area contributed by atoms with Gasteiger partial charge in [0.25, 0.3) is 0 Å². The zero-order chi connectivity index (χ0) is 19.6. The number of nitrogens with one attached hydrogen (secondary N) is 3. The third kappa shape index (κ3) is 3.95. The van der Waals surface area contributed by atoms with Crippen LogP contribution in [0.15, 0.2) is 28.2 Å². The van der Waals surface area contributed by atoms with Gasteiger partial charge in [0.2, 0.25) is 31.2 Å². The number of rotatable bonds is 4. The molecule has 0 radical (unpaired) electrons. The van der Waals surface area contributed by atoms with Crippen molar-refractivity contribution >= 4 is 35.4 Å². The largest absolute Gasteiger partial charge is 0.454 e. The Labute approximate surface area is 172 Å². The zero-order valence-corrected chi connectivity index (χ0v) is 16.8. The summed E-state index contributed by atoms with van der Waals surface area (Å²) in [5.74, 6) is 2.23. The van der Waals surface area contributed by atoms with Gasteiger partial charge in [-0.05, 0) is 18.2 Å². The van der Waals surface area contributed by atoms with Gasteiger partial charge < -0.3 is 19.3 Å². The number of ether oxygens (including phenoxy) is 2. The molecular weight excluding hydrogens is 392 g/mol. The van der Waals surface area contributed by atoms with Gasteiger partial charge in [-0.1, -0.05) is 11.8 Å². The first-order chi connectivity index (χ1) is 14.3. The summed E-state index contributed by atoms with van der Waals surface area (Å²) in [6, 6.07) is 6.17. The molecule has 9 nitrogen and oxygen atoms in total. The van der Waals surface area contributed by atoms with E-state index in [0.717, 1.165) is 49.3 Å². The molecule has 2 atom stereocenters. The fraction of sp³-hybridized carbons (Fsp3) is 0.474. The van der Waals surface area contributed by atoms with Crippen molar-refractivity contribution in [2.24, 2.45) is 9.98 Å². The summed E-state index contributed by atoms with van der Waals surface area (Å²) in [7, 11) is 0. The molecule has 4 heterocycles. The average molecular weight is 417 g/mol. The normalized spacial score (nSPS) is 25.0. The van der Waals surface area contributed by atoms with Crippen LogP contribution in [0.4, 0.5) is 0 Å². The number of amides is 1. The van der Waals surface area contributed by atoms with Gasteiger partial charge in [0.1, 0.15) is 17.9 Å². The second-order valence-corrected chi connectivity index (χ2v) is 8.41. The van der Waals surface area contributed by atoms with E-state index in [9.17, 15) is 4.79 Å². The Morgan fingerprint density at radius 3 is 3.07 bits per heavy atom. The highest BCUT2D eigenvalue weighted by atomic mass is 32.2. The standard InChI is InChI=1S/C19H22N6O3S/c26-16(9-29-19-17-18(21-10-20-17)22-11-23-19)25-5-3-24(4-6-25)8-13-1-2-14-15(7-13)28-12-27-14/h1-2,7,10-11,17-18H,3-6,8-9,12H2,(H,20,21)/p+2/t17-,18+/m1/s1. The monoisotopic (exact) mass is 416 g/mol. The van der Waals surface area contributed by atoms with Crippen LogP contribution < -0.4 is 24.7 Å². The van der Waals surface area contributed by atoms with Crippen LogP contribution in [0.1, 0.15) is 5.56 Å². The Morgan fingerprint density at radius 1 is 1.31 bits per heavy atom. The summed E-state index contributed by atoms with van der Waals surface area (Å²) in [5.41, 5.74) is 1.24. The number of benzene rings is 1. The van der Waals surface area contributed by atoms with Gasteiger partial charge in [-0.15, -0.1) is 0 Å². The van der Waals surface area contributed by atoms with E-state index in [1.54, 1.807) is 12.7 Å². The minimum atomic E-state index is -0.0200. The molecule has 0 unspecified atom stereocenters. The second-order valence-electron chi connectivity index (χ2n) is 7.42. The molecule has 0 aromatic heterocycles. The minimum Gasteiger partial charge on any atom is -0.454 e. The molecule has 0 aliphatic carbocycles. The molecule has 0 saturated carbocycles. The average Bonchev–Trinajstić information content (AvgIpc) is 3.41. The van der Waals surface area contributed by atoms with Gasteiger partial charge in [-0.25, -0.2) is 9.98 Å². The Kier molecular flexibility index (Phi) is 5.11. The number of hydrogen-bond acceptors (Lipinski definition) is 7. The maximum absolute atomic E-state index is 12.7. The second kappa shape index (κ2) is 8.03. The highest BCUT2D eigenvalue weighted by molar-refractivity contribution is 8.14. The van der Waals surface area contributed by atoms with Crippen molar-refractivity contribution in [3.05, 3.63) is 23.8 Å². The highest BCUT2D eigenvalue weighted by Gasteiger charge is 2.36. The van der Waals surface area contributed by atoms with Crippen molar-refractivity contribution in [3.63, 3.8) is 0 Å². The van der Waals surface area contributed by atoms with Crippen LogP contribution in [0.3, 0.4) is 0 Å². The molecular formula is C19H24N6O3S+2. The fourth-order valence-electron chi connectivity index (χ4n) is 3.93. The van der Waals surface area contributed by atoms with Crippen molar-refractivity contribution in [1.29, 1.82) is 0 Å². The number of hydrogen-bond donors (Lipinski definition) is 3. The van der Waals surface area contributed by atoms with E-state index in [1.807, 2.05) is 11.0 Å². The summed E-state index contributed by atoms with van der Waals surface area (Å²) in [4.78, 5) is 27.9. The SMILES string of the molecule is O=C(CSC1=NC=N[C@@H]2[NH+]=CN[C@@H]12)N1CC[NH+](Cc2ccc3c(c2)OCO3)CC1. The van der Waals surface area contributed by atoms with Gasteiger partial charge in [0, 0.05) is 5.56 Å². The van der Waals surface area contributed by atoms with Gasteiger partial charge in [0.05, 0.1) is 31.9 Å². The first-order valence-electron chi connectivity index (χ1n) is 9.82. The summed E-state index contributed by atoms with van der Waals surface area (Å²) in [6.45, 7) is 4.70. The third-order valence-corrected chi connectivity index (χ3v) is 6.62. The lowest BCUT2D eigenvalue weighted by atomic mass is 10.1. The molecule has 10 heteroatoms. The molecule has 1 saturated heterocycles. The van der Waals surface area contributed by atoms with Gasteiger partial charge in [-0.3, -0.25) is 15.1 Å². The number of carbonyl (C=O) groups excluding carboxylic acids is 1. The number of fused-ring (bicyclic) bond motifs is 2. The maximum atomic E-state index is 12.7. The molecule has 1 aromatic rings. The molecule has 1 fully saturated rings. The zero-order valence-electron chi connectivity index (χ0n) is 16.0. The Bertz CT molecular complexity index is 881. The molecule has 5 rings (SSSR count). The molecule has 1 aromatic carbocycles. The summed E-state index contributed by atoms with van der Waals surface area (Å²) < 4.78 is 10.8. The van der Waals surface area contributed by atoms with E-state index in [1.165, 1.54) is 22.2 Å². The van der Waals surface area contributed by atoms with Crippen LogP contribution in [0, 0.1) is 0 Å². The number of aliphatic imine (C=N–C) groups is 2. The number of thioether (sulfide) groups is 1. The Morgan fingerprint density at radius 2 is 2.17 bits per heavy atom. The molecule has 1 amide bonds. The molecule has 4 aliphatic heterocycles. The molecule has 152 valence electrons. The van der Waals surface area contributed by atoms with Crippen LogP contribution in [0.2, 0.25) is 0 Å². The maximum Gasteiger partial charge on any atom is 0.233 e. The van der Waals surface area contributed by atoms with Crippen LogP contribution in [0.25, 0.3) is 0 Å².